The van der Waals surface area contributed by atoms with Crippen LogP contribution in [0.3, 0.4) is 0 Å². The SMILES string of the molecule is C=CCc1ccc([O])nn1. The molecule has 3 heteroatoms. The van der Waals surface area contributed by atoms with Crippen LogP contribution in [0.5, 0.6) is 5.88 Å². The van der Waals surface area contributed by atoms with Crippen molar-refractivity contribution in [2.75, 3.05) is 0 Å². The van der Waals surface area contributed by atoms with Crippen LogP contribution < -0.4 is 0 Å². The molecule has 1 heterocycles. The predicted molar refractivity (Wildman–Crippen MR) is 36.1 cm³/mol. The molecule has 0 unspecified atom stereocenters. The Morgan fingerprint density at radius 1 is 1.50 bits per heavy atom. The minimum absolute atomic E-state index is 0.298. The summed E-state index contributed by atoms with van der Waals surface area (Å²) in [7, 11) is 0. The van der Waals surface area contributed by atoms with Crippen LogP contribution in [-0.4, -0.2) is 10.2 Å². The second-order valence-electron chi connectivity index (χ2n) is 1.86. The van der Waals surface area contributed by atoms with Gasteiger partial charge in [0.25, 0.3) is 5.88 Å². The Labute approximate surface area is 59.0 Å². The highest BCUT2D eigenvalue weighted by molar-refractivity contribution is 5.11. The van der Waals surface area contributed by atoms with E-state index in [1.54, 1.807) is 12.1 Å². The van der Waals surface area contributed by atoms with Gasteiger partial charge in [-0.3, -0.25) is 5.11 Å². The lowest BCUT2D eigenvalue weighted by Gasteiger charge is -1.90. The van der Waals surface area contributed by atoms with Gasteiger partial charge in [0.15, 0.2) is 0 Å². The van der Waals surface area contributed by atoms with E-state index in [4.69, 9.17) is 0 Å². The fourth-order valence-corrected chi connectivity index (χ4v) is 0.604. The third-order valence-corrected chi connectivity index (χ3v) is 1.05. The van der Waals surface area contributed by atoms with Gasteiger partial charge in [0.2, 0.25) is 0 Å². The smallest absolute Gasteiger partial charge is 0.266 e. The Kier molecular flexibility index (Phi) is 1.99. The molecule has 0 aromatic carbocycles. The highest BCUT2D eigenvalue weighted by Crippen LogP contribution is 2.02. The van der Waals surface area contributed by atoms with E-state index < -0.39 is 0 Å². The van der Waals surface area contributed by atoms with E-state index in [0.29, 0.717) is 6.42 Å². The van der Waals surface area contributed by atoms with Gasteiger partial charge >= 0.3 is 0 Å². The summed E-state index contributed by atoms with van der Waals surface area (Å²) < 4.78 is 0. The van der Waals surface area contributed by atoms with Crippen molar-refractivity contribution in [3.05, 3.63) is 30.5 Å². The molecule has 1 aromatic heterocycles. The Morgan fingerprint density at radius 2 is 2.30 bits per heavy atom. The molecule has 0 aliphatic heterocycles. The quantitative estimate of drug-likeness (QED) is 0.574. The fraction of sp³-hybridized carbons (Fsp3) is 0.143. The summed E-state index contributed by atoms with van der Waals surface area (Å²) in [6, 6.07) is 3.04. The van der Waals surface area contributed by atoms with Crippen molar-refractivity contribution in [2.45, 2.75) is 6.42 Å². The van der Waals surface area contributed by atoms with E-state index in [9.17, 15) is 5.11 Å². The normalized spacial score (nSPS) is 9.20. The summed E-state index contributed by atoms with van der Waals surface area (Å²) in [6.45, 7) is 3.53. The van der Waals surface area contributed by atoms with Crippen molar-refractivity contribution in [1.82, 2.24) is 10.2 Å². The molecule has 0 spiro atoms. The largest absolute Gasteiger partial charge is 0.288 e. The molecule has 0 fully saturated rings. The Hall–Kier alpha value is -1.38. The van der Waals surface area contributed by atoms with Gasteiger partial charge in [-0.25, -0.2) is 0 Å². The summed E-state index contributed by atoms with van der Waals surface area (Å²) in [4.78, 5) is 0. The minimum atomic E-state index is -0.298. The first-order chi connectivity index (χ1) is 4.83. The van der Waals surface area contributed by atoms with E-state index in [-0.39, 0.29) is 5.88 Å². The third kappa shape index (κ3) is 1.55. The summed E-state index contributed by atoms with van der Waals surface area (Å²) in [5, 5.41) is 17.4. The van der Waals surface area contributed by atoms with Crippen LogP contribution >= 0.6 is 0 Å². The van der Waals surface area contributed by atoms with Gasteiger partial charge < -0.3 is 0 Å². The molecular formula is C7H7N2O. The summed E-state index contributed by atoms with van der Waals surface area (Å²) in [5.74, 6) is -0.298. The lowest BCUT2D eigenvalue weighted by molar-refractivity contribution is 0.331. The van der Waals surface area contributed by atoms with Crippen molar-refractivity contribution >= 4 is 0 Å². The number of hydrogen-bond donors (Lipinski definition) is 0. The second kappa shape index (κ2) is 2.96. The van der Waals surface area contributed by atoms with E-state index in [0.717, 1.165) is 5.69 Å². The average molecular weight is 135 g/mol. The monoisotopic (exact) mass is 135 g/mol. The number of rotatable bonds is 2. The van der Waals surface area contributed by atoms with Crippen molar-refractivity contribution in [2.24, 2.45) is 0 Å². The number of allylic oxidation sites excluding steroid dienone is 1. The van der Waals surface area contributed by atoms with E-state index >= 15 is 0 Å². The van der Waals surface area contributed by atoms with Crippen molar-refractivity contribution in [3.63, 3.8) is 0 Å². The number of nitrogens with zero attached hydrogens (tertiary/aromatic N) is 2. The fourth-order valence-electron chi connectivity index (χ4n) is 0.604. The zero-order chi connectivity index (χ0) is 7.40. The van der Waals surface area contributed by atoms with E-state index in [1.807, 2.05) is 0 Å². The molecule has 0 amide bonds. The van der Waals surface area contributed by atoms with Crippen LogP contribution in [0.1, 0.15) is 5.69 Å². The van der Waals surface area contributed by atoms with E-state index in [2.05, 4.69) is 16.8 Å². The first-order valence-corrected chi connectivity index (χ1v) is 2.93. The van der Waals surface area contributed by atoms with Gasteiger partial charge in [-0.1, -0.05) is 6.08 Å². The summed E-state index contributed by atoms with van der Waals surface area (Å²) in [6.07, 6.45) is 2.38. The van der Waals surface area contributed by atoms with Crippen LogP contribution in [0, 0.1) is 0 Å². The zero-order valence-corrected chi connectivity index (χ0v) is 5.45. The Morgan fingerprint density at radius 3 is 2.80 bits per heavy atom. The number of hydrogen-bond acceptors (Lipinski definition) is 2. The van der Waals surface area contributed by atoms with Gasteiger partial charge in [-0.2, -0.15) is 5.10 Å². The van der Waals surface area contributed by atoms with Gasteiger partial charge in [0.1, 0.15) is 0 Å². The molecule has 51 valence electrons. The molecule has 0 saturated heterocycles. The van der Waals surface area contributed by atoms with Gasteiger partial charge in [0, 0.05) is 12.5 Å². The van der Waals surface area contributed by atoms with Crippen LogP contribution in [0.15, 0.2) is 24.8 Å². The van der Waals surface area contributed by atoms with E-state index in [1.165, 1.54) is 6.07 Å². The maximum atomic E-state index is 10.4. The van der Waals surface area contributed by atoms with Crippen molar-refractivity contribution < 1.29 is 5.11 Å². The molecule has 1 rings (SSSR count). The summed E-state index contributed by atoms with van der Waals surface area (Å²) >= 11 is 0. The molecule has 0 bridgehead atoms. The standard InChI is InChI=1S/C7H7N2O/c1-2-3-6-4-5-7(10)9-8-6/h2,4-5H,1,3H2. The molecular weight excluding hydrogens is 128 g/mol. The predicted octanol–water partition coefficient (Wildman–Crippen LogP) is 1.35. The molecule has 0 aliphatic rings. The molecule has 1 radical (unpaired) electrons. The topological polar surface area (TPSA) is 45.7 Å². The molecule has 0 aliphatic carbocycles. The molecule has 1 aromatic rings. The second-order valence-corrected chi connectivity index (χ2v) is 1.86. The average Bonchev–Trinajstić information content (AvgIpc) is 1.95. The van der Waals surface area contributed by atoms with Crippen molar-refractivity contribution in [3.8, 4) is 5.88 Å². The maximum Gasteiger partial charge on any atom is 0.288 e. The first-order valence-electron chi connectivity index (χ1n) is 2.93. The molecule has 10 heavy (non-hydrogen) atoms. The highest BCUT2D eigenvalue weighted by atomic mass is 16.3. The molecule has 3 nitrogen and oxygen atoms in total. The van der Waals surface area contributed by atoms with Gasteiger partial charge in [-0.15, -0.1) is 11.7 Å². The highest BCUT2D eigenvalue weighted by Gasteiger charge is 1.92. The zero-order valence-electron chi connectivity index (χ0n) is 5.45. The van der Waals surface area contributed by atoms with Crippen LogP contribution in [0.25, 0.3) is 0 Å². The lowest BCUT2D eigenvalue weighted by atomic mass is 10.3. The maximum absolute atomic E-state index is 10.4. The van der Waals surface area contributed by atoms with Crippen molar-refractivity contribution in [1.29, 1.82) is 0 Å². The number of aromatic nitrogens is 2. The summed E-state index contributed by atoms with van der Waals surface area (Å²) in [5.41, 5.74) is 0.773. The molecule has 0 N–H and O–H groups in total. The molecule has 0 atom stereocenters. The third-order valence-electron chi connectivity index (χ3n) is 1.05. The van der Waals surface area contributed by atoms with Crippen LogP contribution in [0.4, 0.5) is 0 Å². The van der Waals surface area contributed by atoms with Crippen LogP contribution in [0.2, 0.25) is 0 Å². The molecule has 0 saturated carbocycles. The van der Waals surface area contributed by atoms with Gasteiger partial charge in [0.05, 0.1) is 5.69 Å². The first kappa shape index (κ1) is 6.74. The lowest BCUT2D eigenvalue weighted by Crippen LogP contribution is -1.88. The van der Waals surface area contributed by atoms with Gasteiger partial charge in [-0.05, 0) is 6.07 Å². The van der Waals surface area contributed by atoms with Crippen LogP contribution in [-0.2, 0) is 11.5 Å². The Bertz CT molecular complexity index is 218. The Balaban J connectivity index is 2.78. The minimum Gasteiger partial charge on any atom is -0.266 e.